The summed E-state index contributed by atoms with van der Waals surface area (Å²) < 4.78 is 23.0. The van der Waals surface area contributed by atoms with Gasteiger partial charge < -0.3 is 10.2 Å². The molecule has 1 saturated heterocycles. The van der Waals surface area contributed by atoms with E-state index in [1.807, 2.05) is 0 Å². The minimum absolute atomic E-state index is 0.241. The molecule has 1 aliphatic heterocycles. The summed E-state index contributed by atoms with van der Waals surface area (Å²) in [6.45, 7) is 13.5. The fraction of sp³-hybridized carbons (Fsp3) is 1.00. The second-order valence-corrected chi connectivity index (χ2v) is 9.32. The second kappa shape index (κ2) is 7.76. The predicted octanol–water partition coefficient (Wildman–Crippen LogP) is 1.77. The van der Waals surface area contributed by atoms with Crippen LogP contribution in [0.2, 0.25) is 0 Å². The fourth-order valence-corrected chi connectivity index (χ4v) is 4.21. The highest BCUT2D eigenvalue weighted by Gasteiger charge is 2.29. The number of hydrogen-bond acceptors (Lipinski definition) is 4. The van der Waals surface area contributed by atoms with Crippen LogP contribution in [-0.2, 0) is 9.84 Å². The molecule has 0 radical (unpaired) electrons. The molecule has 1 unspecified atom stereocenters. The van der Waals surface area contributed by atoms with Crippen molar-refractivity contribution in [2.24, 2.45) is 11.3 Å². The Balaban J connectivity index is 2.48. The Morgan fingerprint density at radius 2 is 1.85 bits per heavy atom. The van der Waals surface area contributed by atoms with E-state index in [1.54, 1.807) is 0 Å². The minimum atomic E-state index is -2.77. The molecule has 1 atom stereocenters. The molecular formula is C15H32N2O2S. The van der Waals surface area contributed by atoms with Crippen LogP contribution in [-0.4, -0.2) is 57.5 Å². The zero-order chi connectivity index (χ0) is 15.2. The number of hydrogen-bond donors (Lipinski definition) is 1. The van der Waals surface area contributed by atoms with Crippen molar-refractivity contribution in [1.29, 1.82) is 0 Å². The lowest BCUT2D eigenvalue weighted by Gasteiger charge is -2.37. The van der Waals surface area contributed by atoms with Gasteiger partial charge in [0.05, 0.1) is 11.5 Å². The van der Waals surface area contributed by atoms with Crippen LogP contribution in [0.5, 0.6) is 0 Å². The van der Waals surface area contributed by atoms with Gasteiger partial charge in [-0.3, -0.25) is 0 Å². The molecular weight excluding hydrogens is 272 g/mol. The van der Waals surface area contributed by atoms with Gasteiger partial charge in [0, 0.05) is 26.2 Å². The van der Waals surface area contributed by atoms with Crippen LogP contribution in [0.4, 0.5) is 0 Å². The Morgan fingerprint density at radius 1 is 1.25 bits per heavy atom. The fourth-order valence-electron chi connectivity index (χ4n) is 2.94. The predicted molar refractivity (Wildman–Crippen MR) is 85.8 cm³/mol. The van der Waals surface area contributed by atoms with Gasteiger partial charge in [0.1, 0.15) is 0 Å². The van der Waals surface area contributed by atoms with Crippen molar-refractivity contribution in [2.45, 2.75) is 40.5 Å². The molecule has 0 amide bonds. The van der Waals surface area contributed by atoms with Crippen molar-refractivity contribution in [3.05, 3.63) is 0 Å². The van der Waals surface area contributed by atoms with Crippen molar-refractivity contribution in [3.63, 3.8) is 0 Å². The van der Waals surface area contributed by atoms with Gasteiger partial charge in [-0.15, -0.1) is 0 Å². The first-order valence-electron chi connectivity index (χ1n) is 7.90. The summed E-state index contributed by atoms with van der Waals surface area (Å²) in [5, 5.41) is 3.57. The first-order valence-corrected chi connectivity index (χ1v) is 9.72. The molecule has 0 bridgehead atoms. The third kappa shape index (κ3) is 6.55. The molecule has 120 valence electrons. The number of sulfone groups is 1. The number of nitrogens with one attached hydrogen (secondary N) is 1. The molecule has 1 N–H and O–H groups in total. The lowest BCUT2D eigenvalue weighted by molar-refractivity contribution is 0.156. The highest BCUT2D eigenvalue weighted by molar-refractivity contribution is 7.91. The Labute approximate surface area is 125 Å². The monoisotopic (exact) mass is 304 g/mol. The summed E-state index contributed by atoms with van der Waals surface area (Å²) in [5.74, 6) is 1.32. The second-order valence-electron chi connectivity index (χ2n) is 7.01. The zero-order valence-electron chi connectivity index (χ0n) is 13.6. The lowest BCUT2D eigenvalue weighted by Crippen LogP contribution is -2.48. The molecule has 20 heavy (non-hydrogen) atoms. The van der Waals surface area contributed by atoms with Crippen molar-refractivity contribution >= 4 is 9.84 Å². The van der Waals surface area contributed by atoms with E-state index in [1.165, 1.54) is 12.8 Å². The van der Waals surface area contributed by atoms with Crippen molar-refractivity contribution < 1.29 is 8.42 Å². The van der Waals surface area contributed by atoms with Crippen LogP contribution < -0.4 is 5.32 Å². The highest BCUT2D eigenvalue weighted by atomic mass is 32.2. The number of rotatable bonds is 8. The molecule has 5 heteroatoms. The van der Waals surface area contributed by atoms with Gasteiger partial charge in [-0.25, -0.2) is 8.42 Å². The van der Waals surface area contributed by atoms with E-state index in [-0.39, 0.29) is 5.41 Å². The van der Waals surface area contributed by atoms with Crippen molar-refractivity contribution in [3.8, 4) is 0 Å². The molecule has 0 aliphatic carbocycles. The summed E-state index contributed by atoms with van der Waals surface area (Å²) in [7, 11) is -2.77. The molecule has 0 aromatic carbocycles. The zero-order valence-corrected chi connectivity index (χ0v) is 14.4. The molecule has 0 aromatic heterocycles. The van der Waals surface area contributed by atoms with Gasteiger partial charge in [-0.2, -0.15) is 0 Å². The quantitative estimate of drug-likeness (QED) is 0.742. The normalized spacial score (nSPS) is 22.9. The summed E-state index contributed by atoms with van der Waals surface area (Å²) in [5.41, 5.74) is 0.241. The molecule has 0 saturated carbocycles. The van der Waals surface area contributed by atoms with E-state index >= 15 is 0 Å². The van der Waals surface area contributed by atoms with E-state index in [2.05, 4.69) is 37.9 Å². The molecule has 1 fully saturated rings. The Kier molecular flexibility index (Phi) is 6.95. The Bertz CT molecular complexity index is 367. The van der Waals surface area contributed by atoms with E-state index in [0.29, 0.717) is 30.5 Å². The van der Waals surface area contributed by atoms with E-state index in [9.17, 15) is 8.42 Å². The van der Waals surface area contributed by atoms with Gasteiger partial charge in [-0.1, -0.05) is 34.1 Å². The van der Waals surface area contributed by atoms with Gasteiger partial charge in [0.15, 0.2) is 9.84 Å². The van der Waals surface area contributed by atoms with E-state index < -0.39 is 9.84 Å². The maximum Gasteiger partial charge on any atom is 0.152 e. The standard InChI is InChI=1S/C15H32N2O2S/c1-5-6-15(4,12-16-11-14(2)3)13-17-7-9-20(18,19)10-8-17/h14,16H,5-13H2,1-4H3. The van der Waals surface area contributed by atoms with Crippen LogP contribution >= 0.6 is 0 Å². The van der Waals surface area contributed by atoms with E-state index in [4.69, 9.17) is 0 Å². The highest BCUT2D eigenvalue weighted by Crippen LogP contribution is 2.25. The topological polar surface area (TPSA) is 49.4 Å². The first kappa shape index (κ1) is 17.9. The third-order valence-corrected chi connectivity index (χ3v) is 5.61. The van der Waals surface area contributed by atoms with Gasteiger partial charge in [0.25, 0.3) is 0 Å². The maximum absolute atomic E-state index is 11.5. The Hall–Kier alpha value is -0.130. The van der Waals surface area contributed by atoms with Crippen LogP contribution in [0.1, 0.15) is 40.5 Å². The smallest absolute Gasteiger partial charge is 0.152 e. The minimum Gasteiger partial charge on any atom is -0.316 e. The lowest BCUT2D eigenvalue weighted by atomic mass is 9.84. The Morgan fingerprint density at radius 3 is 2.35 bits per heavy atom. The van der Waals surface area contributed by atoms with Crippen molar-refractivity contribution in [2.75, 3.05) is 44.2 Å². The molecule has 1 rings (SSSR count). The third-order valence-electron chi connectivity index (χ3n) is 4.00. The largest absolute Gasteiger partial charge is 0.316 e. The average Bonchev–Trinajstić information content (AvgIpc) is 2.32. The van der Waals surface area contributed by atoms with Crippen LogP contribution in [0.15, 0.2) is 0 Å². The molecule has 4 nitrogen and oxygen atoms in total. The summed E-state index contributed by atoms with van der Waals surface area (Å²) in [6, 6.07) is 0. The SMILES string of the molecule is CCCC(C)(CNCC(C)C)CN1CCS(=O)(=O)CC1. The van der Waals surface area contributed by atoms with Crippen molar-refractivity contribution in [1.82, 2.24) is 10.2 Å². The van der Waals surface area contributed by atoms with Gasteiger partial charge >= 0.3 is 0 Å². The van der Waals surface area contributed by atoms with Crippen LogP contribution in [0, 0.1) is 11.3 Å². The van der Waals surface area contributed by atoms with Gasteiger partial charge in [0.2, 0.25) is 0 Å². The van der Waals surface area contributed by atoms with Crippen LogP contribution in [0.25, 0.3) is 0 Å². The molecule has 1 aliphatic rings. The van der Waals surface area contributed by atoms with Crippen LogP contribution in [0.3, 0.4) is 0 Å². The summed E-state index contributed by atoms with van der Waals surface area (Å²) in [6.07, 6.45) is 2.35. The first-order chi connectivity index (χ1) is 9.26. The summed E-state index contributed by atoms with van der Waals surface area (Å²) >= 11 is 0. The molecule has 1 heterocycles. The maximum atomic E-state index is 11.5. The molecule has 0 spiro atoms. The van der Waals surface area contributed by atoms with Gasteiger partial charge in [-0.05, 0) is 24.3 Å². The number of nitrogens with zero attached hydrogens (tertiary/aromatic N) is 1. The average molecular weight is 305 g/mol. The van der Waals surface area contributed by atoms with E-state index in [0.717, 1.165) is 19.6 Å². The molecule has 0 aromatic rings. The summed E-state index contributed by atoms with van der Waals surface area (Å²) in [4.78, 5) is 2.33.